The topological polar surface area (TPSA) is 86.6 Å². The zero-order chi connectivity index (χ0) is 11.7. The number of hydrogen-bond donors (Lipinski definition) is 3. The van der Waals surface area contributed by atoms with E-state index in [0.717, 1.165) is 19.3 Å². The van der Waals surface area contributed by atoms with Crippen LogP contribution in [-0.2, 0) is 9.59 Å². The summed E-state index contributed by atoms with van der Waals surface area (Å²) in [7, 11) is 0. The minimum atomic E-state index is -0.979. The van der Waals surface area contributed by atoms with Gasteiger partial charge in [0.2, 0.25) is 0 Å². The predicted octanol–water partition coefficient (Wildman–Crippen LogP) is -1.80. The molecule has 5 nitrogen and oxygen atoms in total. The number of nitrogens with one attached hydrogen (secondary N) is 1. The first-order valence-corrected chi connectivity index (χ1v) is 5.26. The first-order valence-electron chi connectivity index (χ1n) is 5.26. The first kappa shape index (κ1) is 18.9. The predicted molar refractivity (Wildman–Crippen MR) is 56.9 cm³/mol. The number of carbonyl (C=O) groups is 2. The van der Waals surface area contributed by atoms with Gasteiger partial charge in [0.15, 0.2) is 0 Å². The largest absolute Gasteiger partial charge is 1.00 e. The molecule has 0 spiro atoms. The molecule has 0 aliphatic carbocycles. The van der Waals surface area contributed by atoms with E-state index in [4.69, 9.17) is 10.2 Å². The number of hydrogen-bond acceptors (Lipinski definition) is 3. The summed E-state index contributed by atoms with van der Waals surface area (Å²) in [6, 6.07) is -0.738. The molecule has 0 aliphatic rings. The molecule has 0 rings (SSSR count). The molecule has 0 aliphatic heterocycles. The van der Waals surface area contributed by atoms with Crippen LogP contribution in [0.4, 0.5) is 0 Å². The van der Waals surface area contributed by atoms with Crippen LogP contribution in [0.25, 0.3) is 0 Å². The van der Waals surface area contributed by atoms with Gasteiger partial charge in [-0.25, -0.2) is 0 Å². The Morgan fingerprint density at radius 1 is 1.31 bits per heavy atom. The van der Waals surface area contributed by atoms with Crippen molar-refractivity contribution >= 4 is 11.9 Å². The number of rotatable bonds is 9. The van der Waals surface area contributed by atoms with Crippen LogP contribution in [0.15, 0.2) is 0 Å². The second-order valence-corrected chi connectivity index (χ2v) is 3.48. The molecule has 1 atom stereocenters. The minimum absolute atomic E-state index is 0. The summed E-state index contributed by atoms with van der Waals surface area (Å²) in [5.74, 6) is -1.94. The molecule has 16 heavy (non-hydrogen) atoms. The van der Waals surface area contributed by atoms with Gasteiger partial charge >= 0.3 is 63.3 Å². The summed E-state index contributed by atoms with van der Waals surface area (Å²) in [4.78, 5) is 21.0. The smallest absolute Gasteiger partial charge is 1.00 e. The Hall–Kier alpha value is 0.536. The van der Waals surface area contributed by atoms with Crippen LogP contribution < -0.4 is 56.7 Å². The minimum Gasteiger partial charge on any atom is -1.00 e. The van der Waals surface area contributed by atoms with Gasteiger partial charge in [-0.05, 0) is 19.4 Å². The van der Waals surface area contributed by atoms with Gasteiger partial charge in [-0.3, -0.25) is 9.59 Å². The quantitative estimate of drug-likeness (QED) is 0.335. The molecule has 0 aromatic carbocycles. The van der Waals surface area contributed by atoms with Crippen LogP contribution in [0.2, 0.25) is 0 Å². The summed E-state index contributed by atoms with van der Waals surface area (Å²) < 4.78 is 0. The molecule has 0 saturated carbocycles. The van der Waals surface area contributed by atoms with Gasteiger partial charge in [0.25, 0.3) is 0 Å². The van der Waals surface area contributed by atoms with Gasteiger partial charge in [-0.2, -0.15) is 0 Å². The maximum Gasteiger partial charge on any atom is 1.00 e. The van der Waals surface area contributed by atoms with Gasteiger partial charge in [0.1, 0.15) is 6.04 Å². The van der Waals surface area contributed by atoms with Crippen molar-refractivity contribution in [3.8, 4) is 0 Å². The van der Waals surface area contributed by atoms with E-state index < -0.39 is 18.0 Å². The van der Waals surface area contributed by atoms with Crippen LogP contribution in [0.5, 0.6) is 0 Å². The summed E-state index contributed by atoms with van der Waals surface area (Å²) in [6.45, 7) is 2.70. The Kier molecular flexibility index (Phi) is 14.2. The van der Waals surface area contributed by atoms with Crippen LogP contribution in [0.1, 0.15) is 40.5 Å². The van der Waals surface area contributed by atoms with Crippen LogP contribution >= 0.6 is 0 Å². The van der Waals surface area contributed by atoms with E-state index in [-0.39, 0.29) is 65.7 Å². The van der Waals surface area contributed by atoms with E-state index in [9.17, 15) is 9.59 Å². The maximum absolute atomic E-state index is 10.7. The van der Waals surface area contributed by atoms with Crippen molar-refractivity contribution in [2.45, 2.75) is 45.1 Å². The molecule has 0 unspecified atom stereocenters. The van der Waals surface area contributed by atoms with Crippen LogP contribution in [-0.4, -0.2) is 34.7 Å². The Labute approximate surface area is 140 Å². The second kappa shape index (κ2) is 12.0. The number of carboxylic acids is 2. The molecular formula is C10H20KNO4. The van der Waals surface area contributed by atoms with E-state index in [2.05, 4.69) is 12.2 Å². The Bertz CT molecular complexity index is 216. The van der Waals surface area contributed by atoms with Gasteiger partial charge in [0, 0.05) is 6.42 Å². The summed E-state index contributed by atoms with van der Waals surface area (Å²) >= 11 is 0. The fourth-order valence-corrected chi connectivity index (χ4v) is 1.23. The number of aliphatic carboxylic acids is 2. The molecule has 3 N–H and O–H groups in total. The van der Waals surface area contributed by atoms with E-state index in [1.807, 2.05) is 0 Å². The van der Waals surface area contributed by atoms with Crippen molar-refractivity contribution in [1.82, 2.24) is 5.32 Å². The third kappa shape index (κ3) is 11.0. The zero-order valence-corrected chi connectivity index (χ0v) is 13.2. The van der Waals surface area contributed by atoms with Gasteiger partial charge in [-0.1, -0.05) is 19.8 Å². The molecule has 6 heteroatoms. The van der Waals surface area contributed by atoms with Gasteiger partial charge < -0.3 is 17.0 Å². The van der Waals surface area contributed by atoms with Gasteiger partial charge in [0.05, 0.1) is 0 Å². The third-order valence-electron chi connectivity index (χ3n) is 2.12. The van der Waals surface area contributed by atoms with Crippen molar-refractivity contribution in [3.63, 3.8) is 0 Å². The fourth-order valence-electron chi connectivity index (χ4n) is 1.23. The molecule has 0 aromatic heterocycles. The van der Waals surface area contributed by atoms with E-state index in [1.54, 1.807) is 0 Å². The molecular weight excluding hydrogens is 237 g/mol. The van der Waals surface area contributed by atoms with Crippen molar-refractivity contribution in [1.29, 1.82) is 0 Å². The summed E-state index contributed by atoms with van der Waals surface area (Å²) in [5, 5.41) is 20.1. The summed E-state index contributed by atoms with van der Waals surface area (Å²) in [5.41, 5.74) is 0. The van der Waals surface area contributed by atoms with Crippen LogP contribution in [0, 0.1) is 0 Å². The van der Waals surface area contributed by atoms with Crippen molar-refractivity contribution in [2.24, 2.45) is 0 Å². The average molecular weight is 257 g/mol. The molecule has 0 bridgehead atoms. The number of carboxylic acid groups (broad SMARTS) is 2. The Morgan fingerprint density at radius 2 is 1.94 bits per heavy atom. The van der Waals surface area contributed by atoms with Crippen molar-refractivity contribution in [2.75, 3.05) is 6.54 Å². The van der Waals surface area contributed by atoms with Crippen LogP contribution in [0.3, 0.4) is 0 Å². The van der Waals surface area contributed by atoms with E-state index in [1.165, 1.54) is 0 Å². The van der Waals surface area contributed by atoms with E-state index in [0.29, 0.717) is 6.54 Å². The van der Waals surface area contributed by atoms with Gasteiger partial charge in [-0.15, -0.1) is 0 Å². The molecule has 0 aromatic rings. The molecule has 90 valence electrons. The third-order valence-corrected chi connectivity index (χ3v) is 2.12. The zero-order valence-electron chi connectivity index (χ0n) is 11.0. The first-order chi connectivity index (χ1) is 7.07. The second-order valence-electron chi connectivity index (χ2n) is 3.48. The fraction of sp³-hybridized carbons (Fsp3) is 0.800. The molecule has 0 amide bonds. The maximum atomic E-state index is 10.7. The standard InChI is InChI=1S/C10H19NO4.K.H/c1-2-3-4-7-11-8(10(14)15)5-6-9(12)13;;/h8,11H,2-7H2,1H3,(H,12,13)(H,14,15);;/q;+1;-1/t8-;;/m0../s1. The molecule has 0 saturated heterocycles. The average Bonchev–Trinajstić information content (AvgIpc) is 2.15. The van der Waals surface area contributed by atoms with Crippen molar-refractivity contribution in [3.05, 3.63) is 0 Å². The SMILES string of the molecule is CCCCCN[C@@H](CCC(=O)O)C(=O)O.[H-].[K+]. The monoisotopic (exact) mass is 257 g/mol. The van der Waals surface area contributed by atoms with Crippen molar-refractivity contribution < 1.29 is 72.6 Å². The molecule has 0 heterocycles. The number of unbranched alkanes of at least 4 members (excludes halogenated alkanes) is 2. The molecule has 0 radical (unpaired) electrons. The Morgan fingerprint density at radius 3 is 2.38 bits per heavy atom. The summed E-state index contributed by atoms with van der Waals surface area (Å²) in [6.07, 6.45) is 3.08. The molecule has 0 fully saturated rings. The Balaban J connectivity index is -0.000000980. The normalized spacial score (nSPS) is 11.6. The van der Waals surface area contributed by atoms with E-state index >= 15 is 0 Å².